The number of rotatable bonds is 10. The summed E-state index contributed by atoms with van der Waals surface area (Å²) in [7, 11) is 3.84. The lowest BCUT2D eigenvalue weighted by atomic mass is 10.1. The zero-order chi connectivity index (χ0) is 16.3. The highest BCUT2D eigenvalue weighted by Gasteiger charge is 2.31. The second-order valence-corrected chi connectivity index (χ2v) is 6.90. The summed E-state index contributed by atoms with van der Waals surface area (Å²) in [6.45, 7) is 6.96. The Kier molecular flexibility index (Phi) is 9.86. The smallest absolute Gasteiger partial charge is 0.191 e. The molecule has 1 aliphatic rings. The fourth-order valence-electron chi connectivity index (χ4n) is 2.24. The van der Waals surface area contributed by atoms with Crippen LogP contribution >= 0.6 is 11.8 Å². The van der Waals surface area contributed by atoms with Gasteiger partial charge in [-0.05, 0) is 32.6 Å². The van der Waals surface area contributed by atoms with Gasteiger partial charge in [0.15, 0.2) is 5.96 Å². The van der Waals surface area contributed by atoms with Gasteiger partial charge in [-0.15, -0.1) is 0 Å². The highest BCUT2D eigenvalue weighted by atomic mass is 32.2. The van der Waals surface area contributed by atoms with E-state index in [1.54, 1.807) is 18.9 Å². The van der Waals surface area contributed by atoms with Gasteiger partial charge < -0.3 is 25.4 Å². The molecule has 3 N–H and O–H groups in total. The standard InChI is InChI=1S/C15H32N4O2S/c1-4-16-14(18-12-15(20)6-11-22-13-15)17-7-9-19(2)8-5-10-21-3/h20H,4-13H2,1-3H3,(H2,16,17,18). The Bertz CT molecular complexity index is 323. The molecule has 1 fully saturated rings. The molecule has 1 saturated heterocycles. The first kappa shape index (κ1) is 19.5. The molecule has 1 atom stereocenters. The van der Waals surface area contributed by atoms with Crippen LogP contribution in [-0.4, -0.2) is 86.6 Å². The number of nitrogens with zero attached hydrogens (tertiary/aromatic N) is 2. The van der Waals surface area contributed by atoms with E-state index in [-0.39, 0.29) is 0 Å². The summed E-state index contributed by atoms with van der Waals surface area (Å²) in [5, 5.41) is 16.9. The van der Waals surface area contributed by atoms with E-state index < -0.39 is 5.60 Å². The molecule has 0 aromatic rings. The molecule has 0 aromatic heterocycles. The maximum absolute atomic E-state index is 10.3. The molecule has 7 heteroatoms. The number of likely N-dealkylation sites (N-methyl/N-ethyl adjacent to an activating group) is 1. The number of hydrogen-bond acceptors (Lipinski definition) is 5. The molecular formula is C15H32N4O2S. The topological polar surface area (TPSA) is 69.1 Å². The lowest BCUT2D eigenvalue weighted by Gasteiger charge is -2.21. The van der Waals surface area contributed by atoms with Crippen LogP contribution in [0.1, 0.15) is 19.8 Å². The fourth-order valence-corrected chi connectivity index (χ4v) is 3.53. The number of thioether (sulfide) groups is 1. The summed E-state index contributed by atoms with van der Waals surface area (Å²) in [6, 6.07) is 0. The number of ether oxygens (including phenoxy) is 1. The maximum Gasteiger partial charge on any atom is 0.191 e. The summed E-state index contributed by atoms with van der Waals surface area (Å²) in [4.78, 5) is 6.81. The van der Waals surface area contributed by atoms with Crippen molar-refractivity contribution in [3.05, 3.63) is 0 Å². The van der Waals surface area contributed by atoms with E-state index in [0.29, 0.717) is 6.54 Å². The van der Waals surface area contributed by atoms with E-state index in [2.05, 4.69) is 27.6 Å². The highest BCUT2D eigenvalue weighted by Crippen LogP contribution is 2.27. The molecule has 6 nitrogen and oxygen atoms in total. The van der Waals surface area contributed by atoms with Gasteiger partial charge >= 0.3 is 0 Å². The van der Waals surface area contributed by atoms with Gasteiger partial charge in [0.05, 0.1) is 12.1 Å². The quantitative estimate of drug-likeness (QED) is 0.305. The van der Waals surface area contributed by atoms with Crippen molar-refractivity contribution < 1.29 is 9.84 Å². The van der Waals surface area contributed by atoms with Crippen LogP contribution in [0.15, 0.2) is 4.99 Å². The zero-order valence-corrected chi connectivity index (χ0v) is 15.0. The molecule has 0 radical (unpaired) electrons. The van der Waals surface area contributed by atoms with E-state index in [0.717, 1.165) is 63.1 Å². The summed E-state index contributed by atoms with van der Waals surface area (Å²) >= 11 is 1.80. The normalized spacial score (nSPS) is 22.3. The van der Waals surface area contributed by atoms with Crippen LogP contribution in [0.3, 0.4) is 0 Å². The number of aliphatic imine (C=N–C) groups is 1. The van der Waals surface area contributed by atoms with E-state index in [9.17, 15) is 5.11 Å². The van der Waals surface area contributed by atoms with Crippen LogP contribution in [-0.2, 0) is 4.74 Å². The van der Waals surface area contributed by atoms with E-state index in [1.165, 1.54) is 0 Å². The summed E-state index contributed by atoms with van der Waals surface area (Å²) in [6.07, 6.45) is 1.88. The number of aliphatic hydroxyl groups is 1. The average molecular weight is 333 g/mol. The van der Waals surface area contributed by atoms with Crippen LogP contribution in [0.4, 0.5) is 0 Å². The van der Waals surface area contributed by atoms with Gasteiger partial charge in [-0.1, -0.05) is 0 Å². The molecule has 1 unspecified atom stereocenters. The van der Waals surface area contributed by atoms with Crippen molar-refractivity contribution in [2.75, 3.05) is 65.0 Å². The van der Waals surface area contributed by atoms with Crippen LogP contribution in [0.5, 0.6) is 0 Å². The third-order valence-corrected chi connectivity index (χ3v) is 4.87. The van der Waals surface area contributed by atoms with Gasteiger partial charge in [-0.25, -0.2) is 0 Å². The van der Waals surface area contributed by atoms with Crippen LogP contribution in [0.2, 0.25) is 0 Å². The van der Waals surface area contributed by atoms with E-state index in [1.807, 2.05) is 6.92 Å². The molecule has 0 saturated carbocycles. The lowest BCUT2D eigenvalue weighted by Crippen LogP contribution is -2.42. The fraction of sp³-hybridized carbons (Fsp3) is 0.933. The minimum absolute atomic E-state index is 0.471. The Morgan fingerprint density at radius 2 is 2.23 bits per heavy atom. The van der Waals surface area contributed by atoms with Crippen molar-refractivity contribution >= 4 is 17.7 Å². The largest absolute Gasteiger partial charge is 0.387 e. The van der Waals surface area contributed by atoms with Crippen molar-refractivity contribution in [2.24, 2.45) is 4.99 Å². The first-order chi connectivity index (χ1) is 10.6. The predicted molar refractivity (Wildman–Crippen MR) is 94.9 cm³/mol. The number of guanidine groups is 1. The van der Waals surface area contributed by atoms with Crippen molar-refractivity contribution in [1.82, 2.24) is 15.5 Å². The molecule has 0 amide bonds. The third-order valence-electron chi connectivity index (χ3n) is 3.63. The number of hydrogen-bond donors (Lipinski definition) is 3. The molecule has 0 spiro atoms. The van der Waals surface area contributed by atoms with Gasteiger partial charge in [-0.3, -0.25) is 4.99 Å². The Labute approximate surface area is 139 Å². The Hall–Kier alpha value is -0.500. The number of nitrogens with one attached hydrogen (secondary N) is 2. The molecule has 1 rings (SSSR count). The molecule has 0 bridgehead atoms. The van der Waals surface area contributed by atoms with Gasteiger partial charge in [0.1, 0.15) is 0 Å². The van der Waals surface area contributed by atoms with Crippen molar-refractivity contribution in [1.29, 1.82) is 0 Å². The summed E-state index contributed by atoms with van der Waals surface area (Å²) in [5.74, 6) is 2.61. The van der Waals surface area contributed by atoms with Crippen molar-refractivity contribution in [2.45, 2.75) is 25.4 Å². The minimum atomic E-state index is -0.621. The van der Waals surface area contributed by atoms with E-state index >= 15 is 0 Å². The SMILES string of the molecule is CCNC(=NCC1(O)CCSC1)NCCN(C)CCCOC. The summed E-state index contributed by atoms with van der Waals surface area (Å²) in [5.41, 5.74) is -0.621. The second kappa shape index (κ2) is 11.1. The molecule has 130 valence electrons. The zero-order valence-electron chi connectivity index (χ0n) is 14.2. The maximum atomic E-state index is 10.3. The lowest BCUT2D eigenvalue weighted by molar-refractivity contribution is 0.0778. The Morgan fingerprint density at radius 1 is 1.41 bits per heavy atom. The van der Waals surface area contributed by atoms with Crippen LogP contribution < -0.4 is 10.6 Å². The molecule has 22 heavy (non-hydrogen) atoms. The van der Waals surface area contributed by atoms with Gasteiger partial charge in [0.25, 0.3) is 0 Å². The molecule has 1 aliphatic heterocycles. The van der Waals surface area contributed by atoms with E-state index in [4.69, 9.17) is 4.74 Å². The Morgan fingerprint density at radius 3 is 2.86 bits per heavy atom. The molecule has 0 aliphatic carbocycles. The van der Waals surface area contributed by atoms with Gasteiger partial charge in [-0.2, -0.15) is 11.8 Å². The minimum Gasteiger partial charge on any atom is -0.387 e. The van der Waals surface area contributed by atoms with Crippen molar-refractivity contribution in [3.8, 4) is 0 Å². The Balaban J connectivity index is 2.27. The first-order valence-electron chi connectivity index (χ1n) is 8.09. The molecular weight excluding hydrogens is 300 g/mol. The number of methoxy groups -OCH3 is 1. The van der Waals surface area contributed by atoms with Crippen LogP contribution in [0.25, 0.3) is 0 Å². The van der Waals surface area contributed by atoms with Gasteiger partial charge in [0.2, 0.25) is 0 Å². The average Bonchev–Trinajstić information content (AvgIpc) is 2.92. The van der Waals surface area contributed by atoms with Crippen molar-refractivity contribution in [3.63, 3.8) is 0 Å². The monoisotopic (exact) mass is 332 g/mol. The van der Waals surface area contributed by atoms with Gasteiger partial charge in [0, 0.05) is 45.6 Å². The highest BCUT2D eigenvalue weighted by molar-refractivity contribution is 7.99. The first-order valence-corrected chi connectivity index (χ1v) is 9.25. The molecule has 0 aromatic carbocycles. The second-order valence-electron chi connectivity index (χ2n) is 5.80. The third kappa shape index (κ3) is 8.22. The predicted octanol–water partition coefficient (Wildman–Crippen LogP) is 0.378. The molecule has 1 heterocycles. The van der Waals surface area contributed by atoms with Crippen LogP contribution in [0, 0.1) is 0 Å². The summed E-state index contributed by atoms with van der Waals surface area (Å²) < 4.78 is 5.06.